The van der Waals surface area contributed by atoms with Gasteiger partial charge in [0.2, 0.25) is 0 Å². The highest BCUT2D eigenvalue weighted by molar-refractivity contribution is 5.93. The van der Waals surface area contributed by atoms with Crippen LogP contribution in [0.1, 0.15) is 0 Å². The molecule has 0 saturated heterocycles. The molecule has 0 saturated carbocycles. The molecule has 3 aromatic rings. The first-order chi connectivity index (χ1) is 7.86. The lowest BCUT2D eigenvalue weighted by Crippen LogP contribution is -2.06. The largest absolute Gasteiger partial charge is 0.324 e. The molecule has 0 aliphatic rings. The Morgan fingerprint density at radius 2 is 1.69 bits per heavy atom. The number of nitrogens with one attached hydrogen (secondary N) is 1. The Kier molecular flexibility index (Phi) is 1.98. The van der Waals surface area contributed by atoms with Crippen LogP contribution in [0.25, 0.3) is 21.8 Å². The van der Waals surface area contributed by atoms with E-state index in [2.05, 4.69) is 22.5 Å². The number of pyridine rings is 1. The molecule has 0 aliphatic carbocycles. The van der Waals surface area contributed by atoms with E-state index in [1.54, 1.807) is 0 Å². The summed E-state index contributed by atoms with van der Waals surface area (Å²) < 4.78 is 0. The molecule has 3 nitrogen and oxygen atoms in total. The van der Waals surface area contributed by atoms with Gasteiger partial charge in [-0.2, -0.15) is 0 Å². The van der Waals surface area contributed by atoms with Gasteiger partial charge in [-0.15, -0.1) is 0 Å². The number of nitrogens with zero attached hydrogens (tertiary/aromatic N) is 1. The highest BCUT2D eigenvalue weighted by Crippen LogP contribution is 2.21. The van der Waals surface area contributed by atoms with Crippen LogP contribution in [0.5, 0.6) is 0 Å². The van der Waals surface area contributed by atoms with Gasteiger partial charge in [-0.3, -0.25) is 5.84 Å². The van der Waals surface area contributed by atoms with Crippen molar-refractivity contribution < 1.29 is 0 Å². The van der Waals surface area contributed by atoms with Crippen LogP contribution in [0, 0.1) is 0 Å². The zero-order valence-corrected chi connectivity index (χ0v) is 8.64. The molecule has 0 spiro atoms. The van der Waals surface area contributed by atoms with Crippen molar-refractivity contribution >= 4 is 27.5 Å². The molecule has 3 rings (SSSR count). The molecule has 0 amide bonds. The minimum absolute atomic E-state index is 0.893. The molecule has 0 unspecified atom stereocenters. The molecule has 1 heterocycles. The fourth-order valence-corrected chi connectivity index (χ4v) is 1.87. The molecule has 2 aromatic carbocycles. The Balaban J connectivity index is 2.37. The van der Waals surface area contributed by atoms with E-state index in [-0.39, 0.29) is 0 Å². The van der Waals surface area contributed by atoms with Gasteiger partial charge < -0.3 is 5.43 Å². The maximum Gasteiger partial charge on any atom is 0.0711 e. The van der Waals surface area contributed by atoms with Crippen LogP contribution in [0.2, 0.25) is 0 Å². The van der Waals surface area contributed by atoms with Crippen molar-refractivity contribution in [1.29, 1.82) is 0 Å². The summed E-state index contributed by atoms with van der Waals surface area (Å²) in [5.74, 6) is 5.38. The van der Waals surface area contributed by atoms with Crippen LogP contribution in [0.15, 0.2) is 48.5 Å². The summed E-state index contributed by atoms with van der Waals surface area (Å²) in [4.78, 5) is 4.58. The number of hydrogen-bond acceptors (Lipinski definition) is 3. The SMILES string of the molecule is NNc1ccc2nc3ccccc3cc2c1. The number of nitrogen functional groups attached to an aromatic ring is 1. The summed E-state index contributed by atoms with van der Waals surface area (Å²) in [5.41, 5.74) is 5.53. The number of hydrogen-bond donors (Lipinski definition) is 2. The fraction of sp³-hybridized carbons (Fsp3) is 0. The fourth-order valence-electron chi connectivity index (χ4n) is 1.87. The van der Waals surface area contributed by atoms with Gasteiger partial charge in [0.15, 0.2) is 0 Å². The van der Waals surface area contributed by atoms with Gasteiger partial charge in [-0.25, -0.2) is 4.98 Å². The van der Waals surface area contributed by atoms with Crippen molar-refractivity contribution in [2.45, 2.75) is 0 Å². The molecule has 0 atom stereocenters. The minimum Gasteiger partial charge on any atom is -0.324 e. The monoisotopic (exact) mass is 209 g/mol. The lowest BCUT2D eigenvalue weighted by Gasteiger charge is -2.04. The number of aromatic nitrogens is 1. The molecule has 3 heteroatoms. The average Bonchev–Trinajstić information content (AvgIpc) is 2.35. The third kappa shape index (κ3) is 1.38. The third-order valence-electron chi connectivity index (χ3n) is 2.68. The Hall–Kier alpha value is -2.13. The van der Waals surface area contributed by atoms with Gasteiger partial charge >= 0.3 is 0 Å². The van der Waals surface area contributed by atoms with Crippen molar-refractivity contribution in [3.8, 4) is 0 Å². The first-order valence-electron chi connectivity index (χ1n) is 5.13. The quantitative estimate of drug-likeness (QED) is 0.368. The van der Waals surface area contributed by atoms with E-state index in [1.807, 2.05) is 36.4 Å². The van der Waals surface area contributed by atoms with E-state index in [1.165, 1.54) is 0 Å². The second-order valence-corrected chi connectivity index (χ2v) is 3.73. The summed E-state index contributed by atoms with van der Waals surface area (Å²) in [6.07, 6.45) is 0. The Bertz CT molecular complexity index is 661. The molecular weight excluding hydrogens is 198 g/mol. The topological polar surface area (TPSA) is 50.9 Å². The van der Waals surface area contributed by atoms with Crippen LogP contribution in [-0.4, -0.2) is 4.98 Å². The van der Waals surface area contributed by atoms with E-state index in [4.69, 9.17) is 5.84 Å². The van der Waals surface area contributed by atoms with Gasteiger partial charge in [-0.05, 0) is 30.3 Å². The lowest BCUT2D eigenvalue weighted by molar-refractivity contribution is 1.36. The molecule has 0 bridgehead atoms. The zero-order valence-electron chi connectivity index (χ0n) is 8.64. The summed E-state index contributed by atoms with van der Waals surface area (Å²) >= 11 is 0. The predicted octanol–water partition coefficient (Wildman–Crippen LogP) is 2.67. The number of fused-ring (bicyclic) bond motifs is 2. The van der Waals surface area contributed by atoms with Crippen LogP contribution in [-0.2, 0) is 0 Å². The summed E-state index contributed by atoms with van der Waals surface area (Å²) in [6, 6.07) is 16.1. The second kappa shape index (κ2) is 3.47. The molecule has 0 fully saturated rings. The Morgan fingerprint density at radius 3 is 2.56 bits per heavy atom. The molecule has 78 valence electrons. The lowest BCUT2D eigenvalue weighted by atomic mass is 10.1. The van der Waals surface area contributed by atoms with Crippen molar-refractivity contribution in [1.82, 2.24) is 4.98 Å². The minimum atomic E-state index is 0.893. The van der Waals surface area contributed by atoms with Crippen molar-refractivity contribution in [3.05, 3.63) is 48.5 Å². The number of hydrazine groups is 1. The van der Waals surface area contributed by atoms with E-state index >= 15 is 0 Å². The summed E-state index contributed by atoms with van der Waals surface area (Å²) in [6.45, 7) is 0. The maximum atomic E-state index is 5.38. The van der Waals surface area contributed by atoms with Gasteiger partial charge in [0.05, 0.1) is 11.0 Å². The first-order valence-corrected chi connectivity index (χ1v) is 5.13. The van der Waals surface area contributed by atoms with Crippen molar-refractivity contribution in [3.63, 3.8) is 0 Å². The van der Waals surface area contributed by atoms with Crippen LogP contribution >= 0.6 is 0 Å². The smallest absolute Gasteiger partial charge is 0.0711 e. The Labute approximate surface area is 92.9 Å². The van der Waals surface area contributed by atoms with Crippen molar-refractivity contribution in [2.24, 2.45) is 5.84 Å². The highest BCUT2D eigenvalue weighted by Gasteiger charge is 1.99. The van der Waals surface area contributed by atoms with Gasteiger partial charge in [0.1, 0.15) is 0 Å². The molecule has 1 aromatic heterocycles. The van der Waals surface area contributed by atoms with Crippen LogP contribution in [0.4, 0.5) is 5.69 Å². The van der Waals surface area contributed by atoms with Gasteiger partial charge in [0.25, 0.3) is 0 Å². The number of para-hydroxylation sites is 1. The third-order valence-corrected chi connectivity index (χ3v) is 2.68. The Morgan fingerprint density at radius 1 is 0.875 bits per heavy atom. The van der Waals surface area contributed by atoms with E-state index in [0.717, 1.165) is 27.5 Å². The number of anilines is 1. The second-order valence-electron chi connectivity index (χ2n) is 3.73. The molecule has 0 aliphatic heterocycles. The van der Waals surface area contributed by atoms with Gasteiger partial charge in [0, 0.05) is 16.5 Å². The predicted molar refractivity (Wildman–Crippen MR) is 67.1 cm³/mol. The average molecular weight is 209 g/mol. The van der Waals surface area contributed by atoms with Crippen LogP contribution in [0.3, 0.4) is 0 Å². The zero-order chi connectivity index (χ0) is 11.0. The molecule has 3 N–H and O–H groups in total. The summed E-state index contributed by atoms with van der Waals surface area (Å²) in [7, 11) is 0. The molecule has 0 radical (unpaired) electrons. The van der Waals surface area contributed by atoms with Crippen molar-refractivity contribution in [2.75, 3.05) is 5.43 Å². The highest BCUT2D eigenvalue weighted by atomic mass is 15.2. The number of rotatable bonds is 1. The normalized spacial score (nSPS) is 10.8. The summed E-state index contributed by atoms with van der Waals surface area (Å²) in [5, 5.41) is 2.23. The van der Waals surface area contributed by atoms with Crippen LogP contribution < -0.4 is 11.3 Å². The van der Waals surface area contributed by atoms with E-state index in [0.29, 0.717) is 0 Å². The van der Waals surface area contributed by atoms with E-state index < -0.39 is 0 Å². The number of benzene rings is 2. The van der Waals surface area contributed by atoms with Gasteiger partial charge in [-0.1, -0.05) is 18.2 Å². The number of nitrogens with two attached hydrogens (primary N) is 1. The standard InChI is InChI=1S/C13H11N3/c14-16-11-5-6-13-10(8-11)7-9-3-1-2-4-12(9)15-13/h1-8,16H,14H2. The van der Waals surface area contributed by atoms with E-state index in [9.17, 15) is 0 Å². The maximum absolute atomic E-state index is 5.38. The first kappa shape index (κ1) is 9.12. The molecule has 16 heavy (non-hydrogen) atoms. The molecular formula is C13H11N3.